The lowest BCUT2D eigenvalue weighted by Crippen LogP contribution is -2.06. The van der Waals surface area contributed by atoms with Gasteiger partial charge in [0.05, 0.1) is 5.02 Å². The first kappa shape index (κ1) is 11.7. The van der Waals surface area contributed by atoms with Gasteiger partial charge in [0.1, 0.15) is 0 Å². The van der Waals surface area contributed by atoms with E-state index in [2.05, 4.69) is 20.3 Å². The molecular weight excluding hydrogens is 288 g/mol. The molecule has 0 saturated heterocycles. The SMILES string of the molecule is C[SH](O)(=NC#N)c1ccc(Br)c(Cl)c1. The Balaban J connectivity index is 3.30. The van der Waals surface area contributed by atoms with Crippen molar-refractivity contribution in [3.8, 4) is 6.19 Å². The summed E-state index contributed by atoms with van der Waals surface area (Å²) < 4.78 is 14.1. The van der Waals surface area contributed by atoms with Gasteiger partial charge in [-0.3, -0.25) is 0 Å². The number of hydrogen-bond acceptors (Lipinski definition) is 2. The summed E-state index contributed by atoms with van der Waals surface area (Å²) in [6.07, 6.45) is 3.15. The van der Waals surface area contributed by atoms with Crippen LogP contribution in [0.4, 0.5) is 0 Å². The van der Waals surface area contributed by atoms with Crippen molar-refractivity contribution in [2.75, 3.05) is 6.26 Å². The van der Waals surface area contributed by atoms with Crippen LogP contribution in [-0.4, -0.2) is 10.8 Å². The maximum atomic E-state index is 9.85. The maximum absolute atomic E-state index is 9.85. The van der Waals surface area contributed by atoms with E-state index in [9.17, 15) is 4.55 Å². The van der Waals surface area contributed by atoms with Crippen LogP contribution >= 0.6 is 27.5 Å². The van der Waals surface area contributed by atoms with E-state index in [0.29, 0.717) is 9.92 Å². The molecule has 0 amide bonds. The molecule has 0 bridgehead atoms. The number of benzene rings is 1. The summed E-state index contributed by atoms with van der Waals surface area (Å²) in [6.45, 7) is 0. The first-order valence-corrected chi connectivity index (χ1v) is 6.95. The lowest BCUT2D eigenvalue weighted by atomic mass is 10.4. The average Bonchev–Trinajstić information content (AvgIpc) is 2.09. The van der Waals surface area contributed by atoms with E-state index in [1.54, 1.807) is 24.4 Å². The zero-order valence-corrected chi connectivity index (χ0v) is 10.5. The van der Waals surface area contributed by atoms with E-state index in [4.69, 9.17) is 16.9 Å². The fourth-order valence-corrected chi connectivity index (χ4v) is 2.42. The van der Waals surface area contributed by atoms with Crippen molar-refractivity contribution in [3.05, 3.63) is 27.7 Å². The van der Waals surface area contributed by atoms with Crippen LogP contribution in [0.1, 0.15) is 0 Å². The summed E-state index contributed by atoms with van der Waals surface area (Å²) in [5.41, 5.74) is 0. The Labute approximate surface area is 96.7 Å². The number of nitrogens with zero attached hydrogens (tertiary/aromatic N) is 2. The summed E-state index contributed by atoms with van der Waals surface area (Å²) in [4.78, 5) is 0.590. The Morgan fingerprint density at radius 1 is 1.64 bits per heavy atom. The molecule has 0 spiro atoms. The van der Waals surface area contributed by atoms with Gasteiger partial charge in [-0.1, -0.05) is 21.7 Å². The summed E-state index contributed by atoms with van der Waals surface area (Å²) in [5, 5.41) is 8.89. The average molecular weight is 296 g/mol. The number of thiol groups is 1. The molecule has 1 aromatic rings. The molecule has 1 aromatic carbocycles. The van der Waals surface area contributed by atoms with Crippen LogP contribution in [0.2, 0.25) is 5.02 Å². The van der Waals surface area contributed by atoms with Crippen LogP contribution < -0.4 is 0 Å². The van der Waals surface area contributed by atoms with E-state index < -0.39 is 10.1 Å². The van der Waals surface area contributed by atoms with Crippen LogP contribution in [0.5, 0.6) is 0 Å². The van der Waals surface area contributed by atoms with Gasteiger partial charge in [-0.05, 0) is 40.4 Å². The second-order valence-electron chi connectivity index (χ2n) is 2.71. The number of nitriles is 1. The molecule has 1 rings (SSSR count). The minimum atomic E-state index is -2.68. The third-order valence-electron chi connectivity index (χ3n) is 1.63. The normalized spacial score (nSPS) is 11.9. The molecule has 14 heavy (non-hydrogen) atoms. The topological polar surface area (TPSA) is 56.4 Å². The molecular formula is C8H8BrClN2OS. The van der Waals surface area contributed by atoms with Crippen molar-refractivity contribution < 1.29 is 4.55 Å². The Bertz CT molecular complexity index is 449. The van der Waals surface area contributed by atoms with E-state index in [1.165, 1.54) is 6.26 Å². The third kappa shape index (κ3) is 2.55. The third-order valence-corrected chi connectivity index (χ3v) is 4.60. The van der Waals surface area contributed by atoms with Crippen LogP contribution in [-0.2, 0) is 10.1 Å². The molecule has 0 aliphatic rings. The maximum Gasteiger partial charge on any atom is 0.212 e. The van der Waals surface area contributed by atoms with Gasteiger partial charge in [-0.15, -0.1) is 4.36 Å². The highest BCUT2D eigenvalue weighted by Gasteiger charge is 2.07. The van der Waals surface area contributed by atoms with Crippen molar-refractivity contribution in [2.45, 2.75) is 4.90 Å². The molecule has 3 nitrogen and oxygen atoms in total. The highest BCUT2D eigenvalue weighted by molar-refractivity contribution is 9.10. The predicted octanol–water partition coefficient (Wildman–Crippen LogP) is 3.12. The Hall–Kier alpha value is -0.410. The van der Waals surface area contributed by atoms with Crippen LogP contribution in [0.3, 0.4) is 0 Å². The first-order valence-electron chi connectivity index (χ1n) is 3.63. The van der Waals surface area contributed by atoms with Gasteiger partial charge in [0.25, 0.3) is 0 Å². The lowest BCUT2D eigenvalue weighted by molar-refractivity contribution is 0.634. The fourth-order valence-electron chi connectivity index (χ4n) is 0.893. The van der Waals surface area contributed by atoms with Gasteiger partial charge in [0, 0.05) is 9.37 Å². The molecule has 0 saturated carbocycles. The molecule has 0 aromatic heterocycles. The number of hydrogen-bond donors (Lipinski definition) is 2. The van der Waals surface area contributed by atoms with E-state index >= 15 is 0 Å². The van der Waals surface area contributed by atoms with Crippen molar-refractivity contribution in [3.63, 3.8) is 0 Å². The Morgan fingerprint density at radius 3 is 2.79 bits per heavy atom. The van der Waals surface area contributed by atoms with E-state index in [0.717, 1.165) is 4.47 Å². The summed E-state index contributed by atoms with van der Waals surface area (Å²) in [7, 11) is -2.68. The van der Waals surface area contributed by atoms with Gasteiger partial charge in [0.15, 0.2) is 0 Å². The number of halogens is 2. The van der Waals surface area contributed by atoms with Gasteiger partial charge in [0.2, 0.25) is 6.19 Å². The van der Waals surface area contributed by atoms with Crippen molar-refractivity contribution in [1.29, 1.82) is 5.26 Å². The van der Waals surface area contributed by atoms with Crippen molar-refractivity contribution in [1.82, 2.24) is 0 Å². The second kappa shape index (κ2) is 4.41. The van der Waals surface area contributed by atoms with Crippen LogP contribution in [0.25, 0.3) is 0 Å². The number of rotatable bonds is 1. The van der Waals surface area contributed by atoms with Gasteiger partial charge in [-0.25, -0.2) is 0 Å². The molecule has 0 fully saturated rings. The van der Waals surface area contributed by atoms with Gasteiger partial charge < -0.3 is 4.55 Å². The standard InChI is InChI=1S/C8H8BrClN2OS/c1-14(13,12-5-11)6-2-3-7(9)8(10)4-6/h2-4,14H,1H3,(H,12,13). The molecule has 1 N–H and O–H groups in total. The molecule has 0 heterocycles. The largest absolute Gasteiger partial charge is 0.340 e. The Morgan fingerprint density at radius 2 is 2.29 bits per heavy atom. The highest BCUT2D eigenvalue weighted by Crippen LogP contribution is 2.27. The van der Waals surface area contributed by atoms with Crippen LogP contribution in [0.15, 0.2) is 31.9 Å². The fraction of sp³-hybridized carbons (Fsp3) is 0.125. The minimum Gasteiger partial charge on any atom is -0.340 e. The van der Waals surface area contributed by atoms with Crippen molar-refractivity contribution in [2.24, 2.45) is 4.36 Å². The zero-order chi connectivity index (χ0) is 10.8. The minimum absolute atomic E-state index is 0.496. The first-order chi connectivity index (χ1) is 6.47. The highest BCUT2D eigenvalue weighted by atomic mass is 79.9. The summed E-state index contributed by atoms with van der Waals surface area (Å²) in [6, 6.07) is 5.03. The molecule has 0 aliphatic heterocycles. The lowest BCUT2D eigenvalue weighted by Gasteiger charge is -2.16. The van der Waals surface area contributed by atoms with Gasteiger partial charge in [-0.2, -0.15) is 5.26 Å². The second-order valence-corrected chi connectivity index (χ2v) is 6.52. The van der Waals surface area contributed by atoms with Crippen molar-refractivity contribution >= 4 is 37.6 Å². The monoisotopic (exact) mass is 294 g/mol. The molecule has 6 heteroatoms. The molecule has 0 atom stereocenters. The Kier molecular flexibility index (Phi) is 3.67. The smallest absolute Gasteiger partial charge is 0.212 e. The zero-order valence-electron chi connectivity index (χ0n) is 7.28. The van der Waals surface area contributed by atoms with Crippen LogP contribution in [0, 0.1) is 11.5 Å². The molecule has 76 valence electrons. The van der Waals surface area contributed by atoms with E-state index in [-0.39, 0.29) is 0 Å². The molecule has 0 radical (unpaired) electrons. The van der Waals surface area contributed by atoms with Gasteiger partial charge >= 0.3 is 0 Å². The summed E-state index contributed by atoms with van der Waals surface area (Å²) >= 11 is 9.09. The quantitative estimate of drug-likeness (QED) is 0.618. The van der Waals surface area contributed by atoms with E-state index in [1.807, 2.05) is 0 Å². The molecule has 0 unspecified atom stereocenters. The molecule has 0 aliphatic carbocycles. The summed E-state index contributed by atoms with van der Waals surface area (Å²) in [5.74, 6) is 0. The predicted molar refractivity (Wildman–Crippen MR) is 62.8 cm³/mol.